The van der Waals surface area contributed by atoms with E-state index < -0.39 is 0 Å². The lowest BCUT2D eigenvalue weighted by Crippen LogP contribution is -1.81. The third-order valence-corrected chi connectivity index (χ3v) is 2.52. The molecule has 2 aromatic carbocycles. The second-order valence-electron chi connectivity index (χ2n) is 3.52. The molecule has 2 aromatic rings. The first kappa shape index (κ1) is 9.01. The zero-order valence-corrected chi connectivity index (χ0v) is 8.62. The maximum absolute atomic E-state index is 2.18. The van der Waals surface area contributed by atoms with Crippen molar-refractivity contribution in [1.82, 2.24) is 0 Å². The SMILES string of the molecule is C/C=C/c1ccc(C)c2ccccc12. The maximum Gasteiger partial charge on any atom is -0.0109 e. The molecule has 0 aliphatic carbocycles. The highest BCUT2D eigenvalue weighted by Gasteiger charge is 1.99. The molecule has 0 heteroatoms. The van der Waals surface area contributed by atoms with Crippen LogP contribution in [0.5, 0.6) is 0 Å². The molecule has 0 spiro atoms. The summed E-state index contributed by atoms with van der Waals surface area (Å²) in [6, 6.07) is 12.9. The molecule has 0 radical (unpaired) electrons. The molecule has 14 heavy (non-hydrogen) atoms. The van der Waals surface area contributed by atoms with Gasteiger partial charge in [-0.3, -0.25) is 0 Å². The van der Waals surface area contributed by atoms with E-state index in [4.69, 9.17) is 0 Å². The van der Waals surface area contributed by atoms with Crippen molar-refractivity contribution in [3.05, 3.63) is 53.6 Å². The summed E-state index contributed by atoms with van der Waals surface area (Å²) in [4.78, 5) is 0. The maximum atomic E-state index is 2.18. The van der Waals surface area contributed by atoms with Crippen LogP contribution in [0.25, 0.3) is 16.8 Å². The van der Waals surface area contributed by atoms with Crippen LogP contribution in [-0.4, -0.2) is 0 Å². The Hall–Kier alpha value is -1.56. The quantitative estimate of drug-likeness (QED) is 0.620. The Kier molecular flexibility index (Phi) is 2.36. The number of aryl methyl sites for hydroxylation is 1. The fourth-order valence-electron chi connectivity index (χ4n) is 1.80. The standard InChI is InChI=1S/C14H14/c1-3-6-12-10-9-11(2)13-7-4-5-8-14(12)13/h3-10H,1-2H3/b6-3+. The molecule has 0 N–H and O–H groups in total. The van der Waals surface area contributed by atoms with Crippen LogP contribution in [-0.2, 0) is 0 Å². The van der Waals surface area contributed by atoms with Crippen LogP contribution in [0.4, 0.5) is 0 Å². The minimum absolute atomic E-state index is 1.30. The van der Waals surface area contributed by atoms with Crippen LogP contribution < -0.4 is 0 Å². The summed E-state index contributed by atoms with van der Waals surface area (Å²) in [6.45, 7) is 4.20. The monoisotopic (exact) mass is 182 g/mol. The van der Waals surface area contributed by atoms with E-state index in [1.165, 1.54) is 21.9 Å². The Bertz CT molecular complexity index is 478. The van der Waals surface area contributed by atoms with E-state index >= 15 is 0 Å². The Morgan fingerprint density at radius 2 is 1.64 bits per heavy atom. The smallest absolute Gasteiger partial charge is 0.0109 e. The third-order valence-electron chi connectivity index (χ3n) is 2.52. The normalized spacial score (nSPS) is 11.3. The van der Waals surface area contributed by atoms with Gasteiger partial charge >= 0.3 is 0 Å². The number of hydrogen-bond donors (Lipinski definition) is 0. The predicted molar refractivity (Wildman–Crippen MR) is 63.4 cm³/mol. The van der Waals surface area contributed by atoms with Gasteiger partial charge in [0.25, 0.3) is 0 Å². The first-order valence-electron chi connectivity index (χ1n) is 4.94. The van der Waals surface area contributed by atoms with Crippen LogP contribution in [0.1, 0.15) is 18.1 Å². The first-order valence-corrected chi connectivity index (χ1v) is 4.94. The fraction of sp³-hybridized carbons (Fsp3) is 0.143. The lowest BCUT2D eigenvalue weighted by atomic mass is 10.0. The molecule has 0 aliphatic rings. The van der Waals surface area contributed by atoms with Crippen molar-refractivity contribution in [3.8, 4) is 0 Å². The Balaban J connectivity index is 2.81. The molecule has 0 aromatic heterocycles. The predicted octanol–water partition coefficient (Wildman–Crippen LogP) is 4.18. The summed E-state index contributed by atoms with van der Waals surface area (Å²) in [5.41, 5.74) is 2.64. The van der Waals surface area contributed by atoms with E-state index in [2.05, 4.69) is 62.4 Å². The molecule has 2 rings (SSSR count). The van der Waals surface area contributed by atoms with E-state index in [-0.39, 0.29) is 0 Å². The fourth-order valence-corrected chi connectivity index (χ4v) is 1.80. The number of rotatable bonds is 1. The van der Waals surface area contributed by atoms with E-state index in [9.17, 15) is 0 Å². The van der Waals surface area contributed by atoms with Crippen LogP contribution >= 0.6 is 0 Å². The molecule has 0 atom stereocenters. The highest BCUT2D eigenvalue weighted by molar-refractivity contribution is 5.92. The Labute approximate surface area is 84.9 Å². The molecular weight excluding hydrogens is 168 g/mol. The van der Waals surface area contributed by atoms with Gasteiger partial charge < -0.3 is 0 Å². The van der Waals surface area contributed by atoms with Crippen molar-refractivity contribution in [2.75, 3.05) is 0 Å². The largest absolute Gasteiger partial charge is 0.0870 e. The molecular formula is C14H14. The van der Waals surface area contributed by atoms with Crippen molar-refractivity contribution in [2.24, 2.45) is 0 Å². The molecule has 0 nitrogen and oxygen atoms in total. The summed E-state index contributed by atoms with van der Waals surface area (Å²) >= 11 is 0. The molecule has 0 unspecified atom stereocenters. The summed E-state index contributed by atoms with van der Waals surface area (Å²) < 4.78 is 0. The minimum atomic E-state index is 1.30. The van der Waals surface area contributed by atoms with Gasteiger partial charge in [-0.1, -0.05) is 48.6 Å². The van der Waals surface area contributed by atoms with Gasteiger partial charge in [-0.05, 0) is 35.7 Å². The van der Waals surface area contributed by atoms with E-state index in [1.54, 1.807) is 0 Å². The minimum Gasteiger partial charge on any atom is -0.0870 e. The molecule has 0 amide bonds. The molecule has 0 heterocycles. The van der Waals surface area contributed by atoms with Crippen molar-refractivity contribution in [1.29, 1.82) is 0 Å². The van der Waals surface area contributed by atoms with Gasteiger partial charge in [0.1, 0.15) is 0 Å². The van der Waals surface area contributed by atoms with Gasteiger partial charge in [0, 0.05) is 0 Å². The van der Waals surface area contributed by atoms with Crippen LogP contribution in [0, 0.1) is 6.92 Å². The van der Waals surface area contributed by atoms with Crippen LogP contribution in [0.15, 0.2) is 42.5 Å². The van der Waals surface area contributed by atoms with Crippen molar-refractivity contribution >= 4 is 16.8 Å². The molecule has 0 fully saturated rings. The number of benzene rings is 2. The van der Waals surface area contributed by atoms with Gasteiger partial charge in [-0.15, -0.1) is 0 Å². The third kappa shape index (κ3) is 1.44. The number of hydrogen-bond acceptors (Lipinski definition) is 0. The average Bonchev–Trinajstić information content (AvgIpc) is 2.23. The molecule has 0 saturated heterocycles. The number of allylic oxidation sites excluding steroid dienone is 1. The summed E-state index contributed by atoms with van der Waals surface area (Å²) in [5, 5.41) is 2.69. The first-order chi connectivity index (χ1) is 6.83. The van der Waals surface area contributed by atoms with Crippen molar-refractivity contribution < 1.29 is 0 Å². The Morgan fingerprint density at radius 1 is 0.929 bits per heavy atom. The lowest BCUT2D eigenvalue weighted by molar-refractivity contribution is 1.52. The highest BCUT2D eigenvalue weighted by atomic mass is 14.0. The Morgan fingerprint density at radius 3 is 2.36 bits per heavy atom. The highest BCUT2D eigenvalue weighted by Crippen LogP contribution is 2.23. The van der Waals surface area contributed by atoms with E-state index in [1.807, 2.05) is 0 Å². The van der Waals surface area contributed by atoms with E-state index in [0.717, 1.165) is 0 Å². The van der Waals surface area contributed by atoms with Crippen molar-refractivity contribution in [3.63, 3.8) is 0 Å². The number of fused-ring (bicyclic) bond motifs is 1. The van der Waals surface area contributed by atoms with Gasteiger partial charge in [-0.25, -0.2) is 0 Å². The van der Waals surface area contributed by atoms with Crippen LogP contribution in [0.2, 0.25) is 0 Å². The lowest BCUT2D eigenvalue weighted by Gasteiger charge is -2.04. The van der Waals surface area contributed by atoms with Gasteiger partial charge in [0.15, 0.2) is 0 Å². The van der Waals surface area contributed by atoms with Crippen molar-refractivity contribution in [2.45, 2.75) is 13.8 Å². The van der Waals surface area contributed by atoms with E-state index in [0.29, 0.717) is 0 Å². The molecule has 70 valence electrons. The second kappa shape index (κ2) is 3.67. The molecule has 0 bridgehead atoms. The van der Waals surface area contributed by atoms with Gasteiger partial charge in [0.05, 0.1) is 0 Å². The van der Waals surface area contributed by atoms with Gasteiger partial charge in [0.2, 0.25) is 0 Å². The topological polar surface area (TPSA) is 0 Å². The zero-order valence-electron chi connectivity index (χ0n) is 8.62. The zero-order chi connectivity index (χ0) is 9.97. The summed E-state index contributed by atoms with van der Waals surface area (Å²) in [7, 11) is 0. The second-order valence-corrected chi connectivity index (χ2v) is 3.52. The average molecular weight is 182 g/mol. The summed E-state index contributed by atoms with van der Waals surface area (Å²) in [6.07, 6.45) is 4.23. The van der Waals surface area contributed by atoms with Crippen LogP contribution in [0.3, 0.4) is 0 Å². The molecule has 0 aliphatic heterocycles. The molecule has 0 saturated carbocycles. The van der Waals surface area contributed by atoms with Gasteiger partial charge in [-0.2, -0.15) is 0 Å². The summed E-state index contributed by atoms with van der Waals surface area (Å²) in [5.74, 6) is 0.